The Bertz CT molecular complexity index is 462. The standard InChI is InChI=1S/C13H14F3NO2/c14-13(15,16)9-3-5-10(6-4-9)17-12(11(18)19)7-1-2-8-12/h3-6,17H,1-2,7-8H2,(H,18,19). The number of hydrogen-bond acceptors (Lipinski definition) is 2. The van der Waals surface area contributed by atoms with Crippen LogP contribution in [0.1, 0.15) is 31.2 Å². The van der Waals surface area contributed by atoms with Crippen molar-refractivity contribution in [3.8, 4) is 0 Å². The lowest BCUT2D eigenvalue weighted by Crippen LogP contribution is -2.43. The van der Waals surface area contributed by atoms with Crippen LogP contribution in [0.4, 0.5) is 18.9 Å². The first-order valence-corrected chi connectivity index (χ1v) is 6.02. The molecule has 1 saturated carbocycles. The summed E-state index contributed by atoms with van der Waals surface area (Å²) < 4.78 is 37.2. The molecule has 6 heteroatoms. The Morgan fingerprint density at radius 1 is 1.16 bits per heavy atom. The van der Waals surface area contributed by atoms with Crippen LogP contribution in [0.3, 0.4) is 0 Å². The van der Waals surface area contributed by atoms with E-state index in [1.165, 1.54) is 12.1 Å². The van der Waals surface area contributed by atoms with Gasteiger partial charge < -0.3 is 10.4 Å². The van der Waals surface area contributed by atoms with Gasteiger partial charge in [-0.15, -0.1) is 0 Å². The smallest absolute Gasteiger partial charge is 0.416 e. The van der Waals surface area contributed by atoms with Crippen LogP contribution in [0.5, 0.6) is 0 Å². The molecular weight excluding hydrogens is 259 g/mol. The van der Waals surface area contributed by atoms with Crippen LogP contribution in [0.15, 0.2) is 24.3 Å². The number of carboxylic acid groups (broad SMARTS) is 1. The highest BCUT2D eigenvalue weighted by Gasteiger charge is 2.41. The minimum Gasteiger partial charge on any atom is -0.480 e. The minimum atomic E-state index is -4.38. The van der Waals surface area contributed by atoms with Crippen molar-refractivity contribution in [1.29, 1.82) is 0 Å². The minimum absolute atomic E-state index is 0.400. The second-order valence-corrected chi connectivity index (χ2v) is 4.79. The predicted octanol–water partition coefficient (Wildman–Crippen LogP) is 3.51. The summed E-state index contributed by atoms with van der Waals surface area (Å²) in [5.74, 6) is -0.954. The van der Waals surface area contributed by atoms with Crippen LogP contribution in [0, 0.1) is 0 Å². The molecule has 0 aromatic heterocycles. The molecule has 19 heavy (non-hydrogen) atoms. The molecule has 1 aromatic rings. The van der Waals surface area contributed by atoms with Crippen LogP contribution in [0.2, 0.25) is 0 Å². The van der Waals surface area contributed by atoms with Gasteiger partial charge in [0.1, 0.15) is 5.54 Å². The summed E-state index contributed by atoms with van der Waals surface area (Å²) in [5, 5.41) is 12.1. The Morgan fingerprint density at radius 3 is 2.11 bits per heavy atom. The van der Waals surface area contributed by atoms with Gasteiger partial charge in [0.15, 0.2) is 0 Å². The van der Waals surface area contributed by atoms with Crippen LogP contribution >= 0.6 is 0 Å². The summed E-state index contributed by atoms with van der Waals surface area (Å²) in [7, 11) is 0. The van der Waals surface area contributed by atoms with Gasteiger partial charge in [-0.2, -0.15) is 13.2 Å². The molecular formula is C13H14F3NO2. The van der Waals surface area contributed by atoms with E-state index in [0.717, 1.165) is 25.0 Å². The van der Waals surface area contributed by atoms with E-state index in [0.29, 0.717) is 18.5 Å². The zero-order chi connectivity index (χ0) is 14.1. The third-order valence-corrected chi connectivity index (χ3v) is 3.46. The van der Waals surface area contributed by atoms with Gasteiger partial charge in [-0.1, -0.05) is 12.8 Å². The number of rotatable bonds is 3. The molecule has 0 atom stereocenters. The number of carboxylic acids is 1. The maximum Gasteiger partial charge on any atom is 0.416 e. The first kappa shape index (κ1) is 13.7. The zero-order valence-electron chi connectivity index (χ0n) is 10.1. The van der Waals surface area contributed by atoms with E-state index in [4.69, 9.17) is 0 Å². The molecule has 1 aliphatic rings. The van der Waals surface area contributed by atoms with Gasteiger partial charge in [0.2, 0.25) is 0 Å². The SMILES string of the molecule is O=C(O)C1(Nc2ccc(C(F)(F)F)cc2)CCCC1. The molecule has 0 radical (unpaired) electrons. The number of anilines is 1. The van der Waals surface area contributed by atoms with E-state index in [1.807, 2.05) is 0 Å². The first-order valence-electron chi connectivity index (χ1n) is 6.02. The molecule has 0 saturated heterocycles. The summed E-state index contributed by atoms with van der Waals surface area (Å²) in [5.41, 5.74) is -1.38. The average Bonchev–Trinajstić information content (AvgIpc) is 2.78. The lowest BCUT2D eigenvalue weighted by atomic mass is 9.97. The molecule has 1 aromatic carbocycles. The Hall–Kier alpha value is -1.72. The largest absolute Gasteiger partial charge is 0.480 e. The molecule has 0 aliphatic heterocycles. The monoisotopic (exact) mass is 273 g/mol. The number of benzene rings is 1. The Kier molecular flexibility index (Phi) is 3.43. The fourth-order valence-corrected chi connectivity index (χ4v) is 2.39. The van der Waals surface area contributed by atoms with Gasteiger partial charge in [0.25, 0.3) is 0 Å². The van der Waals surface area contributed by atoms with Gasteiger partial charge in [0, 0.05) is 5.69 Å². The van der Waals surface area contributed by atoms with Crippen molar-refractivity contribution in [2.75, 3.05) is 5.32 Å². The number of halogens is 3. The van der Waals surface area contributed by atoms with Crippen molar-refractivity contribution >= 4 is 11.7 Å². The van der Waals surface area contributed by atoms with Crippen molar-refractivity contribution in [3.63, 3.8) is 0 Å². The highest BCUT2D eigenvalue weighted by atomic mass is 19.4. The van der Waals surface area contributed by atoms with E-state index in [2.05, 4.69) is 5.32 Å². The number of aliphatic carboxylic acids is 1. The van der Waals surface area contributed by atoms with E-state index < -0.39 is 23.2 Å². The summed E-state index contributed by atoms with van der Waals surface area (Å²) in [6, 6.07) is 4.44. The molecule has 2 rings (SSSR count). The maximum atomic E-state index is 12.4. The molecule has 1 fully saturated rings. The van der Waals surface area contributed by atoms with Crippen molar-refractivity contribution in [2.45, 2.75) is 37.4 Å². The van der Waals surface area contributed by atoms with Gasteiger partial charge >= 0.3 is 12.1 Å². The molecule has 0 bridgehead atoms. The molecule has 0 spiro atoms. The molecule has 0 heterocycles. The quantitative estimate of drug-likeness (QED) is 0.886. The lowest BCUT2D eigenvalue weighted by molar-refractivity contribution is -0.142. The Balaban J connectivity index is 2.17. The molecule has 3 nitrogen and oxygen atoms in total. The van der Waals surface area contributed by atoms with Crippen molar-refractivity contribution in [1.82, 2.24) is 0 Å². The van der Waals surface area contributed by atoms with Crippen molar-refractivity contribution in [2.24, 2.45) is 0 Å². The van der Waals surface area contributed by atoms with E-state index in [1.54, 1.807) is 0 Å². The van der Waals surface area contributed by atoms with Crippen LogP contribution in [0.25, 0.3) is 0 Å². The molecule has 0 unspecified atom stereocenters. The fraction of sp³-hybridized carbons (Fsp3) is 0.462. The van der Waals surface area contributed by atoms with E-state index in [-0.39, 0.29) is 0 Å². The summed E-state index contributed by atoms with van der Waals surface area (Å²) in [6.45, 7) is 0. The number of hydrogen-bond donors (Lipinski definition) is 2. The predicted molar refractivity (Wildman–Crippen MR) is 63.9 cm³/mol. The summed E-state index contributed by atoms with van der Waals surface area (Å²) >= 11 is 0. The normalized spacial score (nSPS) is 18.3. The summed E-state index contributed by atoms with van der Waals surface area (Å²) in [4.78, 5) is 11.3. The first-order chi connectivity index (χ1) is 8.83. The van der Waals surface area contributed by atoms with E-state index in [9.17, 15) is 23.1 Å². The number of alkyl halides is 3. The number of carbonyl (C=O) groups is 1. The van der Waals surface area contributed by atoms with Gasteiger partial charge in [-0.05, 0) is 37.1 Å². The Labute approximate surface area is 108 Å². The topological polar surface area (TPSA) is 49.3 Å². The van der Waals surface area contributed by atoms with Crippen molar-refractivity contribution < 1.29 is 23.1 Å². The number of nitrogens with one attached hydrogen (secondary N) is 1. The van der Waals surface area contributed by atoms with Gasteiger partial charge in [-0.3, -0.25) is 0 Å². The second-order valence-electron chi connectivity index (χ2n) is 4.79. The molecule has 1 aliphatic carbocycles. The zero-order valence-corrected chi connectivity index (χ0v) is 10.1. The third-order valence-electron chi connectivity index (χ3n) is 3.46. The van der Waals surface area contributed by atoms with Gasteiger partial charge in [-0.25, -0.2) is 4.79 Å². The highest BCUT2D eigenvalue weighted by Crippen LogP contribution is 2.35. The Morgan fingerprint density at radius 2 is 1.68 bits per heavy atom. The van der Waals surface area contributed by atoms with Crippen LogP contribution < -0.4 is 5.32 Å². The van der Waals surface area contributed by atoms with Gasteiger partial charge in [0.05, 0.1) is 5.56 Å². The third kappa shape index (κ3) is 2.83. The summed E-state index contributed by atoms with van der Waals surface area (Å²) in [6.07, 6.45) is -1.79. The molecule has 0 amide bonds. The van der Waals surface area contributed by atoms with E-state index >= 15 is 0 Å². The highest BCUT2D eigenvalue weighted by molar-refractivity contribution is 5.83. The second kappa shape index (κ2) is 4.75. The fourth-order valence-electron chi connectivity index (χ4n) is 2.39. The maximum absolute atomic E-state index is 12.4. The van der Waals surface area contributed by atoms with Crippen LogP contribution in [-0.2, 0) is 11.0 Å². The van der Waals surface area contributed by atoms with Crippen molar-refractivity contribution in [3.05, 3.63) is 29.8 Å². The molecule has 2 N–H and O–H groups in total. The van der Waals surface area contributed by atoms with Crippen LogP contribution in [-0.4, -0.2) is 16.6 Å². The lowest BCUT2D eigenvalue weighted by Gasteiger charge is -2.26. The average molecular weight is 273 g/mol. The molecule has 104 valence electrons.